The fraction of sp³-hybridized carbons (Fsp3) is 0.562. The minimum atomic E-state index is -3.04. The lowest BCUT2D eigenvalue weighted by Crippen LogP contribution is -2.39. The summed E-state index contributed by atoms with van der Waals surface area (Å²) in [5.41, 5.74) is 0.0993. The van der Waals surface area contributed by atoms with Crippen molar-refractivity contribution < 1.29 is 17.6 Å². The van der Waals surface area contributed by atoms with E-state index in [1.54, 1.807) is 17.0 Å². The molecule has 1 aliphatic carbocycles. The highest BCUT2D eigenvalue weighted by Gasteiger charge is 2.56. The molecular weight excluding hydrogens is 305 g/mol. The molecule has 0 bridgehead atoms. The maximum absolute atomic E-state index is 13.5. The van der Waals surface area contributed by atoms with E-state index in [4.69, 9.17) is 0 Å². The van der Waals surface area contributed by atoms with E-state index < -0.39 is 15.3 Å². The third kappa shape index (κ3) is 2.00. The Morgan fingerprint density at radius 3 is 2.68 bits per heavy atom. The van der Waals surface area contributed by atoms with E-state index in [9.17, 15) is 17.6 Å². The van der Waals surface area contributed by atoms with Crippen molar-refractivity contribution in [2.75, 3.05) is 18.8 Å². The lowest BCUT2D eigenvalue weighted by atomic mass is 9.94. The molecule has 0 N–H and O–H groups in total. The summed E-state index contributed by atoms with van der Waals surface area (Å²) >= 11 is 0. The molecule has 1 amide bonds. The van der Waals surface area contributed by atoms with Crippen LogP contribution in [0.3, 0.4) is 0 Å². The van der Waals surface area contributed by atoms with Gasteiger partial charge >= 0.3 is 0 Å². The number of nitrogens with zero attached hydrogens (tertiary/aromatic N) is 1. The number of hydrogen-bond donors (Lipinski definition) is 0. The molecule has 2 atom stereocenters. The summed E-state index contributed by atoms with van der Waals surface area (Å²) in [6.45, 7) is 0.836. The zero-order valence-electron chi connectivity index (χ0n) is 12.2. The van der Waals surface area contributed by atoms with Gasteiger partial charge in [0.1, 0.15) is 5.82 Å². The van der Waals surface area contributed by atoms with Crippen molar-refractivity contribution in [1.29, 1.82) is 0 Å². The number of amides is 1. The second-order valence-corrected chi connectivity index (χ2v) is 9.10. The van der Waals surface area contributed by atoms with Crippen LogP contribution in [-0.4, -0.2) is 43.3 Å². The van der Waals surface area contributed by atoms with Crippen LogP contribution in [0.1, 0.15) is 24.8 Å². The van der Waals surface area contributed by atoms with Crippen LogP contribution >= 0.6 is 0 Å². The van der Waals surface area contributed by atoms with Crippen molar-refractivity contribution in [3.8, 4) is 0 Å². The zero-order valence-corrected chi connectivity index (χ0v) is 13.0. The van der Waals surface area contributed by atoms with E-state index in [-0.39, 0.29) is 28.6 Å². The van der Waals surface area contributed by atoms with Crippen molar-refractivity contribution in [3.05, 3.63) is 35.6 Å². The summed E-state index contributed by atoms with van der Waals surface area (Å²) in [6.07, 6.45) is 2.09. The zero-order chi connectivity index (χ0) is 15.5. The van der Waals surface area contributed by atoms with Gasteiger partial charge in [-0.05, 0) is 42.9 Å². The molecule has 0 spiro atoms. The molecule has 118 valence electrons. The molecule has 4 rings (SSSR count). The van der Waals surface area contributed by atoms with Crippen molar-refractivity contribution in [2.45, 2.75) is 29.9 Å². The van der Waals surface area contributed by atoms with E-state index in [0.29, 0.717) is 32.4 Å². The Kier molecular flexibility index (Phi) is 2.92. The predicted octanol–water partition coefficient (Wildman–Crippen LogP) is 1.50. The Morgan fingerprint density at radius 1 is 1.27 bits per heavy atom. The van der Waals surface area contributed by atoms with Crippen molar-refractivity contribution in [3.63, 3.8) is 0 Å². The maximum atomic E-state index is 13.5. The van der Waals surface area contributed by atoms with Gasteiger partial charge in [-0.15, -0.1) is 0 Å². The van der Waals surface area contributed by atoms with Crippen LogP contribution < -0.4 is 0 Å². The molecule has 6 heteroatoms. The quantitative estimate of drug-likeness (QED) is 0.829. The van der Waals surface area contributed by atoms with Gasteiger partial charge in [-0.25, -0.2) is 12.8 Å². The van der Waals surface area contributed by atoms with Crippen LogP contribution in [-0.2, 0) is 20.0 Å². The molecule has 0 aromatic heterocycles. The number of carbonyl (C=O) groups excluding carboxylic acids is 1. The summed E-state index contributed by atoms with van der Waals surface area (Å²) in [5, 5.41) is -0.389. The van der Waals surface area contributed by atoms with E-state index in [1.165, 1.54) is 12.1 Å². The number of halogens is 1. The molecule has 0 unspecified atom stereocenters. The van der Waals surface area contributed by atoms with E-state index in [1.807, 2.05) is 0 Å². The molecule has 3 fully saturated rings. The lowest BCUT2D eigenvalue weighted by Gasteiger charge is -2.24. The number of hydrogen-bond acceptors (Lipinski definition) is 3. The average Bonchev–Trinajstić information content (AvgIpc) is 3.09. The van der Waals surface area contributed by atoms with Gasteiger partial charge in [0.15, 0.2) is 9.84 Å². The molecule has 22 heavy (non-hydrogen) atoms. The molecule has 1 aromatic rings. The number of sulfone groups is 1. The Morgan fingerprint density at radius 2 is 2.05 bits per heavy atom. The minimum absolute atomic E-state index is 0.0253. The highest BCUT2D eigenvalue weighted by molar-refractivity contribution is 7.92. The van der Waals surface area contributed by atoms with Gasteiger partial charge in [-0.3, -0.25) is 4.79 Å². The van der Waals surface area contributed by atoms with E-state index in [2.05, 4.69) is 0 Å². The number of fused-ring (bicyclic) bond motifs is 1. The minimum Gasteiger partial charge on any atom is -0.340 e. The van der Waals surface area contributed by atoms with Crippen LogP contribution in [0.25, 0.3) is 0 Å². The van der Waals surface area contributed by atoms with Crippen LogP contribution in [0.2, 0.25) is 0 Å². The first-order chi connectivity index (χ1) is 10.4. The van der Waals surface area contributed by atoms with Crippen molar-refractivity contribution >= 4 is 15.7 Å². The second-order valence-electron chi connectivity index (χ2n) is 6.76. The molecule has 2 aliphatic heterocycles. The number of benzene rings is 1. The smallest absolute Gasteiger partial charge is 0.233 e. The molecule has 2 heterocycles. The van der Waals surface area contributed by atoms with Gasteiger partial charge in [0.25, 0.3) is 0 Å². The van der Waals surface area contributed by atoms with Crippen LogP contribution in [0.15, 0.2) is 24.3 Å². The lowest BCUT2D eigenvalue weighted by molar-refractivity contribution is -0.133. The van der Waals surface area contributed by atoms with Crippen LogP contribution in [0.4, 0.5) is 4.39 Å². The summed E-state index contributed by atoms with van der Waals surface area (Å²) in [4.78, 5) is 14.6. The molecular formula is C16H18FNO3S. The van der Waals surface area contributed by atoms with Crippen LogP contribution in [0, 0.1) is 11.7 Å². The Hall–Kier alpha value is -1.43. The standard InChI is InChI=1S/C16H18FNO3S/c17-13-3-1-2-12(8-13)16(5-6-16)15(19)18-9-11-4-7-22(20,21)14(11)10-18/h1-3,8,11,14H,4-7,9-10H2/t11-,14+/m0/s1. The first kappa shape index (κ1) is 14.2. The highest BCUT2D eigenvalue weighted by Crippen LogP contribution is 2.50. The first-order valence-corrected chi connectivity index (χ1v) is 9.41. The van der Waals surface area contributed by atoms with Gasteiger partial charge in [0.2, 0.25) is 5.91 Å². The Balaban J connectivity index is 1.59. The van der Waals surface area contributed by atoms with Crippen LogP contribution in [0.5, 0.6) is 0 Å². The Labute approximate surface area is 129 Å². The number of carbonyl (C=O) groups is 1. The summed E-state index contributed by atoms with van der Waals surface area (Å²) in [6, 6.07) is 6.22. The van der Waals surface area contributed by atoms with Gasteiger partial charge in [-0.1, -0.05) is 12.1 Å². The number of likely N-dealkylation sites (tertiary alicyclic amines) is 1. The third-order valence-electron chi connectivity index (χ3n) is 5.44. The fourth-order valence-electron chi connectivity index (χ4n) is 4.00. The monoisotopic (exact) mass is 323 g/mol. The second kappa shape index (κ2) is 4.54. The largest absolute Gasteiger partial charge is 0.340 e. The molecule has 1 saturated carbocycles. The topological polar surface area (TPSA) is 54.5 Å². The van der Waals surface area contributed by atoms with Gasteiger partial charge < -0.3 is 4.90 Å². The Bertz CT molecular complexity index is 742. The number of rotatable bonds is 2. The van der Waals surface area contributed by atoms with Crippen molar-refractivity contribution in [1.82, 2.24) is 4.90 Å². The predicted molar refractivity (Wildman–Crippen MR) is 79.6 cm³/mol. The van der Waals surface area contributed by atoms with E-state index in [0.717, 1.165) is 5.56 Å². The fourth-order valence-corrected chi connectivity index (χ4v) is 6.15. The van der Waals surface area contributed by atoms with Crippen molar-refractivity contribution in [2.24, 2.45) is 5.92 Å². The normalized spacial score (nSPS) is 31.0. The van der Waals surface area contributed by atoms with Gasteiger partial charge in [-0.2, -0.15) is 0 Å². The van der Waals surface area contributed by atoms with Gasteiger partial charge in [0, 0.05) is 13.1 Å². The molecule has 2 saturated heterocycles. The third-order valence-corrected chi connectivity index (χ3v) is 7.70. The van der Waals surface area contributed by atoms with E-state index >= 15 is 0 Å². The molecule has 3 aliphatic rings. The molecule has 4 nitrogen and oxygen atoms in total. The molecule has 0 radical (unpaired) electrons. The summed E-state index contributed by atoms with van der Waals surface area (Å²) in [5.74, 6) is -0.0308. The summed E-state index contributed by atoms with van der Waals surface area (Å²) in [7, 11) is -3.04. The first-order valence-electron chi connectivity index (χ1n) is 7.69. The summed E-state index contributed by atoms with van der Waals surface area (Å²) < 4.78 is 37.5. The average molecular weight is 323 g/mol. The van der Waals surface area contributed by atoms with Gasteiger partial charge in [0.05, 0.1) is 16.4 Å². The maximum Gasteiger partial charge on any atom is 0.233 e. The SMILES string of the molecule is O=C(N1C[C@@H]2CCS(=O)(=O)[C@@H]2C1)C1(c2cccc(F)c2)CC1. The molecule has 1 aromatic carbocycles. The highest BCUT2D eigenvalue weighted by atomic mass is 32.2.